The van der Waals surface area contributed by atoms with Crippen molar-refractivity contribution in [3.8, 4) is 5.75 Å². The number of para-hydroxylation sites is 1. The molecule has 0 spiro atoms. The highest BCUT2D eigenvalue weighted by molar-refractivity contribution is 5.96. The van der Waals surface area contributed by atoms with E-state index < -0.39 is 0 Å². The molecule has 2 aromatic rings. The van der Waals surface area contributed by atoms with Crippen LogP contribution in [-0.2, 0) is 4.79 Å². The van der Waals surface area contributed by atoms with Crippen LogP contribution in [0.2, 0.25) is 0 Å². The zero-order valence-electron chi connectivity index (χ0n) is 12.6. The van der Waals surface area contributed by atoms with Crippen molar-refractivity contribution in [1.82, 2.24) is 5.32 Å². The first-order chi connectivity index (χ1) is 11.2. The number of benzene rings is 2. The Balaban J connectivity index is 1.49. The largest absolute Gasteiger partial charge is 0.484 e. The molecule has 118 valence electrons. The van der Waals surface area contributed by atoms with Gasteiger partial charge in [0.25, 0.3) is 11.8 Å². The van der Waals surface area contributed by atoms with Crippen molar-refractivity contribution in [1.29, 1.82) is 0 Å². The number of rotatable bonds is 6. The lowest BCUT2D eigenvalue weighted by Gasteiger charge is -2.08. The second kappa shape index (κ2) is 6.96. The van der Waals surface area contributed by atoms with E-state index in [4.69, 9.17) is 4.74 Å². The summed E-state index contributed by atoms with van der Waals surface area (Å²) < 4.78 is 5.38. The van der Waals surface area contributed by atoms with Gasteiger partial charge in [0.2, 0.25) is 0 Å². The second-order valence-corrected chi connectivity index (χ2v) is 5.47. The number of anilines is 1. The fourth-order valence-electron chi connectivity index (χ4n) is 2.06. The SMILES string of the molecule is O=C(COc1ccccc1)Nc1ccc(C(=O)NC2CC2)cc1. The molecule has 0 bridgehead atoms. The van der Waals surface area contributed by atoms with Gasteiger partial charge in [-0.2, -0.15) is 0 Å². The Morgan fingerprint density at radius 3 is 2.35 bits per heavy atom. The van der Waals surface area contributed by atoms with Gasteiger partial charge in [-0.3, -0.25) is 9.59 Å². The summed E-state index contributed by atoms with van der Waals surface area (Å²) in [5.74, 6) is 0.330. The van der Waals surface area contributed by atoms with Gasteiger partial charge < -0.3 is 15.4 Å². The highest BCUT2D eigenvalue weighted by atomic mass is 16.5. The highest BCUT2D eigenvalue weighted by Crippen LogP contribution is 2.19. The summed E-state index contributed by atoms with van der Waals surface area (Å²) in [4.78, 5) is 23.7. The predicted octanol–water partition coefficient (Wildman–Crippen LogP) is 2.60. The molecule has 0 radical (unpaired) electrons. The normalized spacial score (nSPS) is 13.2. The molecule has 1 fully saturated rings. The summed E-state index contributed by atoms with van der Waals surface area (Å²) in [6.45, 7) is -0.0616. The lowest BCUT2D eigenvalue weighted by Crippen LogP contribution is -2.25. The van der Waals surface area contributed by atoms with Crippen molar-refractivity contribution in [2.24, 2.45) is 0 Å². The van der Waals surface area contributed by atoms with Crippen LogP contribution in [0, 0.1) is 0 Å². The monoisotopic (exact) mass is 310 g/mol. The first kappa shape index (κ1) is 15.1. The fourth-order valence-corrected chi connectivity index (χ4v) is 2.06. The van der Waals surface area contributed by atoms with Crippen LogP contribution in [0.1, 0.15) is 23.2 Å². The van der Waals surface area contributed by atoms with Crippen LogP contribution in [0.3, 0.4) is 0 Å². The van der Waals surface area contributed by atoms with E-state index in [1.165, 1.54) is 0 Å². The zero-order chi connectivity index (χ0) is 16.1. The molecule has 1 saturated carbocycles. The predicted molar refractivity (Wildman–Crippen MR) is 87.5 cm³/mol. The third kappa shape index (κ3) is 4.57. The van der Waals surface area contributed by atoms with Crippen molar-refractivity contribution in [3.63, 3.8) is 0 Å². The average Bonchev–Trinajstić information content (AvgIpc) is 3.38. The van der Waals surface area contributed by atoms with Crippen molar-refractivity contribution < 1.29 is 14.3 Å². The minimum absolute atomic E-state index is 0.0616. The maximum absolute atomic E-state index is 11.9. The molecule has 2 aromatic carbocycles. The molecule has 5 heteroatoms. The minimum atomic E-state index is -0.246. The third-order valence-electron chi connectivity index (χ3n) is 3.46. The van der Waals surface area contributed by atoms with Crippen molar-refractivity contribution in [2.75, 3.05) is 11.9 Å². The Labute approximate surface area is 134 Å². The molecule has 0 aliphatic heterocycles. The Bertz CT molecular complexity index is 679. The van der Waals surface area contributed by atoms with Crippen molar-refractivity contribution in [2.45, 2.75) is 18.9 Å². The maximum Gasteiger partial charge on any atom is 0.262 e. The number of carbonyl (C=O) groups is 2. The summed E-state index contributed by atoms with van der Waals surface area (Å²) >= 11 is 0. The smallest absolute Gasteiger partial charge is 0.262 e. The molecule has 0 atom stereocenters. The molecule has 0 unspecified atom stereocenters. The zero-order valence-corrected chi connectivity index (χ0v) is 12.6. The summed E-state index contributed by atoms with van der Waals surface area (Å²) in [5, 5.41) is 5.66. The molecule has 0 aromatic heterocycles. The summed E-state index contributed by atoms with van der Waals surface area (Å²) in [5.41, 5.74) is 1.23. The molecule has 1 aliphatic rings. The van der Waals surface area contributed by atoms with Gasteiger partial charge in [0.15, 0.2) is 6.61 Å². The Morgan fingerprint density at radius 1 is 1.00 bits per heavy atom. The van der Waals surface area contributed by atoms with Crippen LogP contribution in [0.5, 0.6) is 5.75 Å². The van der Waals surface area contributed by atoms with Gasteiger partial charge in [0.1, 0.15) is 5.75 Å². The van der Waals surface area contributed by atoms with Crippen LogP contribution in [0.25, 0.3) is 0 Å². The van der Waals surface area contributed by atoms with Gasteiger partial charge in [-0.05, 0) is 49.2 Å². The van der Waals surface area contributed by atoms with Crippen LogP contribution in [0.15, 0.2) is 54.6 Å². The Morgan fingerprint density at radius 2 is 1.70 bits per heavy atom. The highest BCUT2D eigenvalue weighted by Gasteiger charge is 2.23. The molecule has 2 N–H and O–H groups in total. The van der Waals surface area contributed by atoms with Crippen LogP contribution in [-0.4, -0.2) is 24.5 Å². The van der Waals surface area contributed by atoms with Crippen molar-refractivity contribution >= 4 is 17.5 Å². The van der Waals surface area contributed by atoms with E-state index in [1.54, 1.807) is 36.4 Å². The topological polar surface area (TPSA) is 67.4 Å². The number of nitrogens with one attached hydrogen (secondary N) is 2. The van der Waals surface area contributed by atoms with Crippen LogP contribution < -0.4 is 15.4 Å². The van der Waals surface area contributed by atoms with E-state index in [2.05, 4.69) is 10.6 Å². The number of hydrogen-bond acceptors (Lipinski definition) is 3. The number of amides is 2. The quantitative estimate of drug-likeness (QED) is 0.862. The molecular weight excluding hydrogens is 292 g/mol. The number of hydrogen-bond donors (Lipinski definition) is 2. The fraction of sp³-hybridized carbons (Fsp3) is 0.222. The van der Waals surface area contributed by atoms with Gasteiger partial charge in [0, 0.05) is 17.3 Å². The third-order valence-corrected chi connectivity index (χ3v) is 3.46. The van der Waals surface area contributed by atoms with E-state index in [0.29, 0.717) is 23.0 Å². The Kier molecular flexibility index (Phi) is 4.57. The first-order valence-corrected chi connectivity index (χ1v) is 7.59. The summed E-state index contributed by atoms with van der Waals surface area (Å²) in [6.07, 6.45) is 2.11. The van der Waals surface area contributed by atoms with E-state index in [1.807, 2.05) is 18.2 Å². The number of carbonyl (C=O) groups excluding carboxylic acids is 2. The minimum Gasteiger partial charge on any atom is -0.484 e. The van der Waals surface area contributed by atoms with Gasteiger partial charge >= 0.3 is 0 Å². The summed E-state index contributed by atoms with van der Waals surface area (Å²) in [7, 11) is 0. The standard InChI is InChI=1S/C18H18N2O3/c21-17(12-23-16-4-2-1-3-5-16)19-14-8-6-13(7-9-14)18(22)20-15-10-11-15/h1-9,15H,10-12H2,(H,19,21)(H,20,22). The van der Waals surface area contributed by atoms with Crippen LogP contribution >= 0.6 is 0 Å². The Hall–Kier alpha value is -2.82. The lowest BCUT2D eigenvalue weighted by atomic mass is 10.2. The first-order valence-electron chi connectivity index (χ1n) is 7.59. The molecular formula is C18H18N2O3. The summed E-state index contributed by atoms with van der Waals surface area (Å²) in [6, 6.07) is 16.3. The van der Waals surface area contributed by atoms with Gasteiger partial charge in [-0.1, -0.05) is 18.2 Å². The molecule has 1 aliphatic carbocycles. The van der Waals surface area contributed by atoms with Gasteiger partial charge in [-0.25, -0.2) is 0 Å². The van der Waals surface area contributed by atoms with E-state index in [9.17, 15) is 9.59 Å². The molecule has 23 heavy (non-hydrogen) atoms. The van der Waals surface area contributed by atoms with E-state index in [-0.39, 0.29) is 18.4 Å². The maximum atomic E-state index is 11.9. The van der Waals surface area contributed by atoms with Gasteiger partial charge in [-0.15, -0.1) is 0 Å². The molecule has 0 saturated heterocycles. The average molecular weight is 310 g/mol. The van der Waals surface area contributed by atoms with E-state index in [0.717, 1.165) is 12.8 Å². The van der Waals surface area contributed by atoms with Crippen LogP contribution in [0.4, 0.5) is 5.69 Å². The van der Waals surface area contributed by atoms with Gasteiger partial charge in [0.05, 0.1) is 0 Å². The second-order valence-electron chi connectivity index (χ2n) is 5.47. The molecule has 2 amide bonds. The lowest BCUT2D eigenvalue weighted by molar-refractivity contribution is -0.118. The number of ether oxygens (including phenoxy) is 1. The van der Waals surface area contributed by atoms with Crippen molar-refractivity contribution in [3.05, 3.63) is 60.2 Å². The molecule has 0 heterocycles. The molecule has 3 rings (SSSR count). The van der Waals surface area contributed by atoms with E-state index >= 15 is 0 Å². The molecule has 5 nitrogen and oxygen atoms in total.